The van der Waals surface area contributed by atoms with E-state index in [4.69, 9.17) is 0 Å². The zero-order valence-electron chi connectivity index (χ0n) is 10.9. The molecule has 0 fully saturated rings. The Bertz CT molecular complexity index is 303. The van der Waals surface area contributed by atoms with E-state index in [9.17, 15) is 0 Å². The van der Waals surface area contributed by atoms with Gasteiger partial charge in [0, 0.05) is 41.0 Å². The summed E-state index contributed by atoms with van der Waals surface area (Å²) in [6.45, 7) is 2.27. The molecule has 1 aliphatic carbocycles. The summed E-state index contributed by atoms with van der Waals surface area (Å²) < 4.78 is 0.942. The van der Waals surface area contributed by atoms with Gasteiger partial charge in [0.2, 0.25) is 0 Å². The second kappa shape index (κ2) is 7.53. The number of nitrogens with zero attached hydrogens (tertiary/aromatic N) is 1. The van der Waals surface area contributed by atoms with Crippen molar-refractivity contribution in [2.75, 3.05) is 33.4 Å². The Hall–Kier alpha value is -0.773. The molecule has 0 atom stereocenters. The van der Waals surface area contributed by atoms with E-state index in [1.54, 1.807) is 0 Å². The summed E-state index contributed by atoms with van der Waals surface area (Å²) in [6.07, 6.45) is 16.2. The lowest BCUT2D eigenvalue weighted by molar-refractivity contribution is -0.839. The van der Waals surface area contributed by atoms with Crippen LogP contribution in [0, 0.1) is 6.42 Å². The van der Waals surface area contributed by atoms with Crippen molar-refractivity contribution in [3.8, 4) is 0 Å². The Morgan fingerprint density at radius 1 is 1.35 bits per heavy atom. The lowest BCUT2D eigenvalue weighted by Crippen LogP contribution is -2.35. The van der Waals surface area contributed by atoms with Crippen molar-refractivity contribution in [3.63, 3.8) is 0 Å². The summed E-state index contributed by atoms with van der Waals surface area (Å²) >= 11 is 0. The lowest BCUT2D eigenvalue weighted by Gasteiger charge is -2.22. The molecule has 0 saturated heterocycles. The average Bonchev–Trinajstić information content (AvgIpc) is 2.29. The van der Waals surface area contributed by atoms with Crippen molar-refractivity contribution >= 4 is 10.2 Å². The Morgan fingerprint density at radius 3 is 2.82 bits per heavy atom. The van der Waals surface area contributed by atoms with Gasteiger partial charge in [-0.2, -0.15) is 0 Å². The molecule has 3 heteroatoms. The van der Waals surface area contributed by atoms with Crippen LogP contribution < -0.4 is 5.32 Å². The first-order chi connectivity index (χ1) is 8.14. The van der Waals surface area contributed by atoms with Crippen LogP contribution in [0.25, 0.3) is 0 Å². The maximum atomic E-state index is 3.41. The molecule has 0 bridgehead atoms. The summed E-state index contributed by atoms with van der Waals surface area (Å²) in [5, 5.41) is 3.28. The van der Waals surface area contributed by atoms with E-state index < -0.39 is 0 Å². The smallest absolute Gasteiger partial charge is 0.177 e. The normalized spacial score (nSPS) is 17.5. The Kier molecular flexibility index (Phi) is 6.33. The first-order valence-corrected chi connectivity index (χ1v) is 6.94. The van der Waals surface area contributed by atoms with E-state index >= 15 is 0 Å². The standard InChI is InChI=1S/C14H23N2Si/c1-16(2,11-7-6-10-15-13-17)12-14-8-4-3-5-9-14/h3-5,8-9,12,15H,6-7,10-11,13H2,1-2H3/q+2. The molecule has 1 rings (SSSR count). The van der Waals surface area contributed by atoms with Crippen LogP contribution in [0.1, 0.15) is 12.8 Å². The van der Waals surface area contributed by atoms with Crippen molar-refractivity contribution < 1.29 is 4.48 Å². The van der Waals surface area contributed by atoms with Crippen molar-refractivity contribution in [2.24, 2.45) is 0 Å². The molecule has 0 aromatic carbocycles. The summed E-state index contributed by atoms with van der Waals surface area (Å²) in [7, 11) is 7.92. The SMILES string of the molecule is C[N+](C)(C=C1C=CC=C[CH+]1)CCCCNC[Si]. The van der Waals surface area contributed by atoms with E-state index in [-0.39, 0.29) is 0 Å². The Morgan fingerprint density at radius 2 is 2.18 bits per heavy atom. The molecule has 91 valence electrons. The molecule has 1 N–H and O–H groups in total. The monoisotopic (exact) mass is 247 g/mol. The van der Waals surface area contributed by atoms with E-state index in [2.05, 4.69) is 66.6 Å². The molecular weight excluding hydrogens is 224 g/mol. The highest BCUT2D eigenvalue weighted by Gasteiger charge is 2.17. The van der Waals surface area contributed by atoms with Crippen LogP contribution in [0.5, 0.6) is 0 Å². The number of hydrogen-bond donors (Lipinski definition) is 1. The van der Waals surface area contributed by atoms with Gasteiger partial charge in [0.25, 0.3) is 0 Å². The third kappa shape index (κ3) is 6.51. The van der Waals surface area contributed by atoms with Gasteiger partial charge < -0.3 is 5.32 Å². The predicted octanol–water partition coefficient (Wildman–Crippen LogP) is 1.77. The van der Waals surface area contributed by atoms with Crippen LogP contribution in [0.15, 0.2) is 36.1 Å². The summed E-state index contributed by atoms with van der Waals surface area (Å²) in [5.41, 5.74) is 1.30. The minimum absolute atomic E-state index is 0.883. The first-order valence-electron chi connectivity index (χ1n) is 6.23. The fourth-order valence-electron chi connectivity index (χ4n) is 1.86. The second-order valence-electron chi connectivity index (χ2n) is 4.93. The zero-order chi connectivity index (χ0) is 12.6. The molecule has 2 nitrogen and oxygen atoms in total. The van der Waals surface area contributed by atoms with Gasteiger partial charge in [-0.25, -0.2) is 0 Å². The number of rotatable bonds is 7. The van der Waals surface area contributed by atoms with Gasteiger partial charge >= 0.3 is 0 Å². The highest BCUT2D eigenvalue weighted by molar-refractivity contribution is 6.08. The Balaban J connectivity index is 2.30. The molecule has 0 saturated carbocycles. The molecule has 17 heavy (non-hydrogen) atoms. The van der Waals surface area contributed by atoms with Crippen LogP contribution >= 0.6 is 0 Å². The average molecular weight is 247 g/mol. The summed E-state index contributed by atoms with van der Waals surface area (Å²) in [6, 6.07) is 0. The van der Waals surface area contributed by atoms with E-state index in [1.807, 2.05) is 0 Å². The summed E-state index contributed by atoms with van der Waals surface area (Å²) in [4.78, 5) is 0. The minimum atomic E-state index is 0.883. The quantitative estimate of drug-likeness (QED) is 0.313. The van der Waals surface area contributed by atoms with Crippen molar-refractivity contribution in [1.29, 1.82) is 0 Å². The topological polar surface area (TPSA) is 12.0 Å². The van der Waals surface area contributed by atoms with Crippen LogP contribution in [-0.4, -0.2) is 48.1 Å². The van der Waals surface area contributed by atoms with Gasteiger partial charge in [-0.05, 0) is 25.6 Å². The minimum Gasteiger partial charge on any atom is -0.320 e. The number of quaternary nitrogens is 1. The third-order valence-corrected chi connectivity index (χ3v) is 3.01. The predicted molar refractivity (Wildman–Crippen MR) is 75.5 cm³/mol. The van der Waals surface area contributed by atoms with Gasteiger partial charge in [-0.3, -0.25) is 4.48 Å². The molecular formula is C14H23N2Si+2. The lowest BCUT2D eigenvalue weighted by atomic mass is 10.1. The van der Waals surface area contributed by atoms with Gasteiger partial charge in [0.05, 0.1) is 20.6 Å². The van der Waals surface area contributed by atoms with E-state index in [0.29, 0.717) is 0 Å². The number of nitrogens with one attached hydrogen (secondary N) is 1. The largest absolute Gasteiger partial charge is 0.320 e. The first kappa shape index (κ1) is 14.3. The van der Waals surface area contributed by atoms with Crippen molar-refractivity contribution in [3.05, 3.63) is 42.5 Å². The third-order valence-electron chi connectivity index (χ3n) is 2.76. The number of unbranched alkanes of at least 4 members (excludes halogenated alkanes) is 1. The van der Waals surface area contributed by atoms with Crippen LogP contribution in [0.4, 0.5) is 0 Å². The molecule has 0 unspecified atom stereocenters. The van der Waals surface area contributed by atoms with Crippen LogP contribution in [0.2, 0.25) is 0 Å². The maximum Gasteiger partial charge on any atom is 0.177 e. The second-order valence-corrected chi connectivity index (χ2v) is 5.28. The van der Waals surface area contributed by atoms with Crippen molar-refractivity contribution in [2.45, 2.75) is 12.8 Å². The van der Waals surface area contributed by atoms with Crippen LogP contribution in [0.3, 0.4) is 0 Å². The van der Waals surface area contributed by atoms with Gasteiger partial charge in [-0.1, -0.05) is 0 Å². The maximum absolute atomic E-state index is 3.41. The van der Waals surface area contributed by atoms with Gasteiger partial charge in [0.1, 0.15) is 5.57 Å². The molecule has 0 spiro atoms. The molecule has 0 heterocycles. The number of hydrogen-bond acceptors (Lipinski definition) is 1. The van der Waals surface area contributed by atoms with Crippen LogP contribution in [-0.2, 0) is 0 Å². The molecule has 0 amide bonds. The summed E-state index contributed by atoms with van der Waals surface area (Å²) in [5.74, 6) is 0. The zero-order valence-corrected chi connectivity index (χ0v) is 11.9. The molecule has 0 aliphatic heterocycles. The van der Waals surface area contributed by atoms with E-state index in [0.717, 1.165) is 17.2 Å². The highest BCUT2D eigenvalue weighted by atomic mass is 28.1. The number of allylic oxidation sites excluding steroid dienone is 5. The molecule has 0 aromatic heterocycles. The van der Waals surface area contributed by atoms with Gasteiger partial charge in [-0.15, -0.1) is 0 Å². The molecule has 0 aromatic rings. The molecule has 1 aliphatic rings. The van der Waals surface area contributed by atoms with E-state index in [1.165, 1.54) is 25.0 Å². The fraction of sp³-hybridized carbons (Fsp3) is 0.500. The highest BCUT2D eigenvalue weighted by Crippen LogP contribution is 2.13. The Labute approximate surface area is 109 Å². The van der Waals surface area contributed by atoms with Gasteiger partial charge in [0.15, 0.2) is 6.20 Å². The van der Waals surface area contributed by atoms with Crippen molar-refractivity contribution in [1.82, 2.24) is 5.32 Å². The fourth-order valence-corrected chi connectivity index (χ4v) is 2.04. The molecule has 3 radical (unpaired) electrons.